The van der Waals surface area contributed by atoms with Crippen LogP contribution in [0.3, 0.4) is 0 Å². The first-order valence-electron chi connectivity index (χ1n) is 3.37. The Bertz CT molecular complexity index is 430. The van der Waals surface area contributed by atoms with Gasteiger partial charge in [-0.25, -0.2) is 4.98 Å². The van der Waals surface area contributed by atoms with E-state index in [9.17, 15) is 9.50 Å². The largest absolute Gasteiger partial charge is 0.506 e. The summed E-state index contributed by atoms with van der Waals surface area (Å²) in [6, 6.07) is 4.81. The molecule has 0 aliphatic carbocycles. The van der Waals surface area contributed by atoms with Crippen molar-refractivity contribution in [3.8, 4) is 5.75 Å². The van der Waals surface area contributed by atoms with Crippen molar-refractivity contribution < 1.29 is 9.50 Å². The van der Waals surface area contributed by atoms with Crippen molar-refractivity contribution in [1.82, 2.24) is 9.97 Å². The number of phenolic OH excluding ortho intramolecular Hbond substituents is 1. The van der Waals surface area contributed by atoms with Crippen molar-refractivity contribution >= 4 is 10.9 Å². The van der Waals surface area contributed by atoms with Crippen LogP contribution in [-0.2, 0) is 0 Å². The van der Waals surface area contributed by atoms with Crippen molar-refractivity contribution in [1.29, 1.82) is 0 Å². The maximum atomic E-state index is 12.5. The number of benzene rings is 1. The molecule has 0 aliphatic heterocycles. The molecule has 0 atom stereocenters. The monoisotopic (exact) mass is 164 g/mol. The molecule has 0 amide bonds. The van der Waals surface area contributed by atoms with Gasteiger partial charge in [-0.1, -0.05) is 12.1 Å². The van der Waals surface area contributed by atoms with Crippen LogP contribution in [-0.4, -0.2) is 15.1 Å². The van der Waals surface area contributed by atoms with Crippen LogP contribution < -0.4 is 0 Å². The molecule has 3 nitrogen and oxygen atoms in total. The van der Waals surface area contributed by atoms with Crippen LogP contribution in [0.1, 0.15) is 0 Å². The molecule has 0 saturated carbocycles. The first kappa shape index (κ1) is 6.97. The summed E-state index contributed by atoms with van der Waals surface area (Å²) >= 11 is 0. The fraction of sp³-hybridized carbons (Fsp3) is 0. The Morgan fingerprint density at radius 3 is 3.00 bits per heavy atom. The van der Waals surface area contributed by atoms with E-state index in [1.54, 1.807) is 12.1 Å². The number of halogens is 1. The zero-order valence-electron chi connectivity index (χ0n) is 6.03. The van der Waals surface area contributed by atoms with E-state index in [0.717, 1.165) is 0 Å². The Balaban J connectivity index is 2.88. The lowest BCUT2D eigenvalue weighted by atomic mass is 10.2. The number of phenols is 1. The van der Waals surface area contributed by atoms with Gasteiger partial charge in [0, 0.05) is 11.6 Å². The fourth-order valence-electron chi connectivity index (χ4n) is 1.02. The second-order valence-corrected chi connectivity index (χ2v) is 2.35. The van der Waals surface area contributed by atoms with Gasteiger partial charge in [-0.05, 0) is 6.07 Å². The Kier molecular flexibility index (Phi) is 1.40. The van der Waals surface area contributed by atoms with E-state index in [1.807, 2.05) is 0 Å². The minimum absolute atomic E-state index is 0.0335. The lowest BCUT2D eigenvalue weighted by Gasteiger charge is -1.97. The molecule has 0 radical (unpaired) electrons. The summed E-state index contributed by atoms with van der Waals surface area (Å²) in [5.41, 5.74) is 0.241. The highest BCUT2D eigenvalue weighted by Crippen LogP contribution is 2.20. The molecular formula is C8H5FN2O. The quantitative estimate of drug-likeness (QED) is 0.600. The van der Waals surface area contributed by atoms with Crippen LogP contribution in [0.2, 0.25) is 0 Å². The van der Waals surface area contributed by atoms with Gasteiger partial charge < -0.3 is 5.11 Å². The van der Waals surface area contributed by atoms with Crippen molar-refractivity contribution in [3.05, 3.63) is 30.5 Å². The molecule has 0 aliphatic rings. The third kappa shape index (κ3) is 0.972. The molecule has 0 bridgehead atoms. The molecule has 0 spiro atoms. The molecule has 2 rings (SSSR count). The molecule has 0 saturated heterocycles. The summed E-state index contributed by atoms with van der Waals surface area (Å²) in [5.74, 6) is -0.0335. The highest BCUT2D eigenvalue weighted by atomic mass is 19.1. The number of para-hydroxylation sites is 1. The van der Waals surface area contributed by atoms with Crippen LogP contribution in [0.4, 0.5) is 4.39 Å². The second kappa shape index (κ2) is 2.41. The molecule has 4 heteroatoms. The molecule has 1 aromatic carbocycles. The predicted octanol–water partition coefficient (Wildman–Crippen LogP) is 1.47. The molecule has 60 valence electrons. The van der Waals surface area contributed by atoms with Gasteiger partial charge in [0.2, 0.25) is 0 Å². The molecule has 1 N–H and O–H groups in total. The number of hydrogen-bond donors (Lipinski definition) is 1. The summed E-state index contributed by atoms with van der Waals surface area (Å²) in [4.78, 5) is 6.81. The topological polar surface area (TPSA) is 46.0 Å². The average molecular weight is 164 g/mol. The minimum atomic E-state index is -0.830. The van der Waals surface area contributed by atoms with Gasteiger partial charge >= 0.3 is 6.08 Å². The van der Waals surface area contributed by atoms with Crippen molar-refractivity contribution in [3.63, 3.8) is 0 Å². The minimum Gasteiger partial charge on any atom is -0.506 e. The number of aromatic hydroxyl groups is 1. The molecule has 12 heavy (non-hydrogen) atoms. The Hall–Kier alpha value is -1.71. The van der Waals surface area contributed by atoms with Gasteiger partial charge in [0.05, 0.1) is 0 Å². The van der Waals surface area contributed by atoms with Gasteiger partial charge in [-0.15, -0.1) is 0 Å². The second-order valence-electron chi connectivity index (χ2n) is 2.35. The number of aromatic nitrogens is 2. The van der Waals surface area contributed by atoms with Crippen LogP contribution >= 0.6 is 0 Å². The van der Waals surface area contributed by atoms with Gasteiger partial charge in [0.1, 0.15) is 11.3 Å². The maximum absolute atomic E-state index is 12.5. The van der Waals surface area contributed by atoms with Crippen LogP contribution in [0.5, 0.6) is 5.75 Å². The lowest BCUT2D eigenvalue weighted by Crippen LogP contribution is -1.88. The Morgan fingerprint density at radius 1 is 1.33 bits per heavy atom. The van der Waals surface area contributed by atoms with E-state index in [-0.39, 0.29) is 11.3 Å². The summed E-state index contributed by atoms with van der Waals surface area (Å²) in [5, 5.41) is 9.86. The zero-order valence-corrected chi connectivity index (χ0v) is 6.03. The summed E-state index contributed by atoms with van der Waals surface area (Å²) in [7, 11) is 0. The maximum Gasteiger partial charge on any atom is 0.309 e. The summed E-state index contributed by atoms with van der Waals surface area (Å²) in [6.07, 6.45) is 0.501. The fourth-order valence-corrected chi connectivity index (χ4v) is 1.02. The van der Waals surface area contributed by atoms with E-state index in [4.69, 9.17) is 0 Å². The Morgan fingerprint density at radius 2 is 2.17 bits per heavy atom. The van der Waals surface area contributed by atoms with Crippen molar-refractivity contribution in [2.24, 2.45) is 0 Å². The highest BCUT2D eigenvalue weighted by molar-refractivity contribution is 5.82. The molecule has 0 unspecified atom stereocenters. The first-order chi connectivity index (χ1) is 5.77. The van der Waals surface area contributed by atoms with E-state index >= 15 is 0 Å². The highest BCUT2D eigenvalue weighted by Gasteiger charge is 2.01. The number of fused-ring (bicyclic) bond motifs is 1. The van der Waals surface area contributed by atoms with Gasteiger partial charge in [-0.3, -0.25) is 0 Å². The van der Waals surface area contributed by atoms with E-state index in [2.05, 4.69) is 9.97 Å². The molecule has 2 aromatic rings. The predicted molar refractivity (Wildman–Crippen MR) is 41.2 cm³/mol. The van der Waals surface area contributed by atoms with Crippen molar-refractivity contribution in [2.75, 3.05) is 0 Å². The number of hydrogen-bond acceptors (Lipinski definition) is 3. The molecular weight excluding hydrogens is 159 g/mol. The van der Waals surface area contributed by atoms with Gasteiger partial charge in [-0.2, -0.15) is 9.37 Å². The molecule has 1 aromatic heterocycles. The zero-order chi connectivity index (χ0) is 8.55. The van der Waals surface area contributed by atoms with Gasteiger partial charge in [0.15, 0.2) is 0 Å². The molecule has 1 heterocycles. The third-order valence-electron chi connectivity index (χ3n) is 1.56. The Labute approximate surface area is 67.5 Å². The first-order valence-corrected chi connectivity index (χ1v) is 3.37. The van der Waals surface area contributed by atoms with Gasteiger partial charge in [0.25, 0.3) is 0 Å². The molecule has 0 fully saturated rings. The third-order valence-corrected chi connectivity index (χ3v) is 1.56. The SMILES string of the molecule is Oc1cccc2cnc(F)nc12. The van der Waals surface area contributed by atoms with E-state index in [0.29, 0.717) is 5.39 Å². The van der Waals surface area contributed by atoms with Crippen LogP contribution in [0.25, 0.3) is 10.9 Å². The normalized spacial score (nSPS) is 10.4. The number of nitrogens with zero attached hydrogens (tertiary/aromatic N) is 2. The van der Waals surface area contributed by atoms with Crippen molar-refractivity contribution in [2.45, 2.75) is 0 Å². The smallest absolute Gasteiger partial charge is 0.309 e. The lowest BCUT2D eigenvalue weighted by molar-refractivity contribution is 0.477. The van der Waals surface area contributed by atoms with E-state index in [1.165, 1.54) is 12.3 Å². The number of rotatable bonds is 0. The van der Waals surface area contributed by atoms with E-state index < -0.39 is 6.08 Å². The summed E-state index contributed by atoms with van der Waals surface area (Å²) in [6.45, 7) is 0. The average Bonchev–Trinajstić information content (AvgIpc) is 2.07. The van der Waals surface area contributed by atoms with Crippen LogP contribution in [0, 0.1) is 6.08 Å². The summed E-state index contributed by atoms with van der Waals surface area (Å²) < 4.78 is 12.5. The van der Waals surface area contributed by atoms with Crippen LogP contribution in [0.15, 0.2) is 24.4 Å². The standard InChI is InChI=1S/C8H5FN2O/c9-8-10-4-5-2-1-3-6(12)7(5)11-8/h1-4,12H.